The minimum atomic E-state index is -0.194. The van der Waals surface area contributed by atoms with Crippen LogP contribution in [0.25, 0.3) is 6.08 Å². The zero-order valence-electron chi connectivity index (χ0n) is 19.1. The number of carbonyl (C=O) groups excluding carboxylic acids is 2. The molecule has 2 aliphatic rings. The molecule has 0 saturated carbocycles. The Labute approximate surface area is 199 Å². The fourth-order valence-corrected chi connectivity index (χ4v) is 4.19. The van der Waals surface area contributed by atoms with Crippen LogP contribution in [-0.4, -0.2) is 60.7 Å². The van der Waals surface area contributed by atoms with Crippen molar-refractivity contribution in [3.05, 3.63) is 107 Å². The van der Waals surface area contributed by atoms with E-state index in [1.807, 2.05) is 77.7 Å². The minimum Gasteiger partial charge on any atom is -0.336 e. The van der Waals surface area contributed by atoms with Gasteiger partial charge in [0.15, 0.2) is 0 Å². The number of piperazine rings is 1. The molecule has 0 bridgehead atoms. The number of amidine groups is 1. The highest BCUT2D eigenvalue weighted by Gasteiger charge is 2.32. The quantitative estimate of drug-likeness (QED) is 0.567. The van der Waals surface area contributed by atoms with E-state index in [4.69, 9.17) is 4.99 Å². The normalized spacial score (nSPS) is 17.9. The van der Waals surface area contributed by atoms with Gasteiger partial charge in [0.1, 0.15) is 11.5 Å². The number of hydrogen-bond acceptors (Lipinski definition) is 4. The van der Waals surface area contributed by atoms with E-state index in [-0.39, 0.29) is 11.8 Å². The van der Waals surface area contributed by atoms with Gasteiger partial charge in [0, 0.05) is 37.3 Å². The van der Waals surface area contributed by atoms with Crippen molar-refractivity contribution in [2.24, 2.45) is 4.99 Å². The summed E-state index contributed by atoms with van der Waals surface area (Å²) in [6.07, 6.45) is 1.80. The summed E-state index contributed by atoms with van der Waals surface area (Å²) in [6.45, 7) is 3.19. The topological polar surface area (TPSA) is 56.2 Å². The van der Waals surface area contributed by atoms with Crippen LogP contribution in [0.5, 0.6) is 0 Å². The molecule has 2 aliphatic heterocycles. The lowest BCUT2D eigenvalue weighted by Crippen LogP contribution is -2.47. The number of aliphatic imine (C=N–C) groups is 1. The van der Waals surface area contributed by atoms with Crippen molar-refractivity contribution in [3.63, 3.8) is 0 Å². The van der Waals surface area contributed by atoms with Gasteiger partial charge in [-0.25, -0.2) is 4.99 Å². The van der Waals surface area contributed by atoms with Crippen molar-refractivity contribution in [1.29, 1.82) is 0 Å². The van der Waals surface area contributed by atoms with E-state index in [1.165, 1.54) is 0 Å². The third kappa shape index (κ3) is 4.40. The first-order valence-electron chi connectivity index (χ1n) is 11.4. The van der Waals surface area contributed by atoms with Gasteiger partial charge in [-0.15, -0.1) is 0 Å². The summed E-state index contributed by atoms with van der Waals surface area (Å²) in [5.74, 6) is 0.404. The summed E-state index contributed by atoms with van der Waals surface area (Å²) in [4.78, 5) is 36.8. The van der Waals surface area contributed by atoms with Crippen LogP contribution >= 0.6 is 0 Å². The van der Waals surface area contributed by atoms with Gasteiger partial charge in [-0.1, -0.05) is 60.7 Å². The molecule has 170 valence electrons. The summed E-state index contributed by atoms with van der Waals surface area (Å²) in [7, 11) is 2.07. The Balaban J connectivity index is 1.45. The lowest BCUT2D eigenvalue weighted by Gasteiger charge is -2.32. The van der Waals surface area contributed by atoms with Gasteiger partial charge in [-0.05, 0) is 43.0 Å². The summed E-state index contributed by atoms with van der Waals surface area (Å²) in [5, 5.41) is 0. The number of hydrogen-bond donors (Lipinski definition) is 0. The zero-order chi connectivity index (χ0) is 23.5. The molecule has 1 fully saturated rings. The largest absolute Gasteiger partial charge is 0.336 e. The molecule has 34 heavy (non-hydrogen) atoms. The van der Waals surface area contributed by atoms with Crippen LogP contribution in [0.1, 0.15) is 21.5 Å². The molecule has 0 radical (unpaired) electrons. The summed E-state index contributed by atoms with van der Waals surface area (Å²) in [6, 6.07) is 26.6. The second kappa shape index (κ2) is 9.45. The first-order valence-corrected chi connectivity index (χ1v) is 11.4. The van der Waals surface area contributed by atoms with Gasteiger partial charge in [-0.2, -0.15) is 0 Å². The fraction of sp³-hybridized carbons (Fsp3) is 0.179. The van der Waals surface area contributed by atoms with E-state index in [0.29, 0.717) is 22.8 Å². The molecule has 3 aromatic carbocycles. The molecule has 2 amide bonds. The molecule has 0 spiro atoms. The second-order valence-corrected chi connectivity index (χ2v) is 8.52. The SMILES string of the molecule is CN1CCN(C(=O)c2ccc(N3C(=O)/C(=C/c4ccccc4)N=C3c3ccccc3)cc2)CC1. The van der Waals surface area contributed by atoms with Crippen LogP contribution in [0.2, 0.25) is 0 Å². The molecular formula is C28H26N4O2. The summed E-state index contributed by atoms with van der Waals surface area (Å²) >= 11 is 0. The molecule has 3 aromatic rings. The highest BCUT2D eigenvalue weighted by atomic mass is 16.2. The molecule has 0 aliphatic carbocycles. The average molecular weight is 451 g/mol. The maximum Gasteiger partial charge on any atom is 0.282 e. The molecule has 6 heteroatoms. The lowest BCUT2D eigenvalue weighted by atomic mass is 10.1. The van der Waals surface area contributed by atoms with E-state index < -0.39 is 0 Å². The van der Waals surface area contributed by atoms with Crippen molar-refractivity contribution in [1.82, 2.24) is 9.80 Å². The van der Waals surface area contributed by atoms with E-state index in [1.54, 1.807) is 23.1 Å². The van der Waals surface area contributed by atoms with Gasteiger partial charge in [-0.3, -0.25) is 14.5 Å². The monoisotopic (exact) mass is 450 g/mol. The lowest BCUT2D eigenvalue weighted by molar-refractivity contribution is -0.113. The molecule has 1 saturated heterocycles. The molecule has 6 nitrogen and oxygen atoms in total. The van der Waals surface area contributed by atoms with E-state index in [0.717, 1.165) is 37.3 Å². The Morgan fingerprint density at radius 2 is 1.44 bits per heavy atom. The highest BCUT2D eigenvalue weighted by molar-refractivity contribution is 6.33. The molecule has 2 heterocycles. The molecule has 0 atom stereocenters. The van der Waals surface area contributed by atoms with Gasteiger partial charge >= 0.3 is 0 Å². The van der Waals surface area contributed by atoms with Crippen LogP contribution < -0.4 is 4.90 Å². The first-order chi connectivity index (χ1) is 16.6. The van der Waals surface area contributed by atoms with Crippen molar-refractivity contribution in [2.45, 2.75) is 0 Å². The summed E-state index contributed by atoms with van der Waals surface area (Å²) in [5.41, 5.74) is 3.45. The maximum atomic E-state index is 13.5. The van der Waals surface area contributed by atoms with Crippen molar-refractivity contribution in [3.8, 4) is 0 Å². The zero-order valence-corrected chi connectivity index (χ0v) is 19.1. The van der Waals surface area contributed by atoms with Crippen LogP contribution in [0.15, 0.2) is 95.6 Å². The number of rotatable bonds is 4. The Bertz CT molecular complexity index is 1240. The molecule has 5 rings (SSSR count). The molecular weight excluding hydrogens is 424 g/mol. The third-order valence-electron chi connectivity index (χ3n) is 6.16. The van der Waals surface area contributed by atoms with Crippen molar-refractivity contribution >= 4 is 29.4 Å². The first kappa shape index (κ1) is 21.8. The van der Waals surface area contributed by atoms with Crippen molar-refractivity contribution in [2.75, 3.05) is 38.1 Å². The Kier molecular flexibility index (Phi) is 6.06. The fourth-order valence-electron chi connectivity index (χ4n) is 4.19. The van der Waals surface area contributed by atoms with Crippen LogP contribution in [0, 0.1) is 0 Å². The van der Waals surface area contributed by atoms with E-state index >= 15 is 0 Å². The van der Waals surface area contributed by atoms with E-state index in [2.05, 4.69) is 11.9 Å². The Morgan fingerprint density at radius 3 is 2.09 bits per heavy atom. The van der Waals surface area contributed by atoms with Gasteiger partial charge in [0.05, 0.1) is 5.69 Å². The van der Waals surface area contributed by atoms with Gasteiger partial charge < -0.3 is 9.80 Å². The number of benzene rings is 3. The maximum absolute atomic E-state index is 13.5. The van der Waals surface area contributed by atoms with Crippen molar-refractivity contribution < 1.29 is 9.59 Å². The number of likely N-dealkylation sites (N-methyl/N-ethyl adjacent to an activating group) is 1. The summed E-state index contributed by atoms with van der Waals surface area (Å²) < 4.78 is 0. The van der Waals surface area contributed by atoms with E-state index in [9.17, 15) is 9.59 Å². The van der Waals surface area contributed by atoms with Crippen LogP contribution in [0.3, 0.4) is 0 Å². The standard InChI is InChI=1S/C28H26N4O2/c1-30-16-18-31(19-17-30)27(33)23-12-14-24(15-13-23)32-26(22-10-6-3-7-11-22)29-25(28(32)34)20-21-8-4-2-5-9-21/h2-15,20H,16-19H2,1H3/b25-20-. The minimum absolute atomic E-state index is 0.0222. The predicted octanol–water partition coefficient (Wildman–Crippen LogP) is 3.91. The van der Waals surface area contributed by atoms with Crippen LogP contribution in [0.4, 0.5) is 5.69 Å². The number of amides is 2. The molecule has 0 N–H and O–H groups in total. The molecule has 0 unspecified atom stereocenters. The highest BCUT2D eigenvalue weighted by Crippen LogP contribution is 2.28. The van der Waals surface area contributed by atoms with Gasteiger partial charge in [0.25, 0.3) is 11.8 Å². The van der Waals surface area contributed by atoms with Crippen LogP contribution in [-0.2, 0) is 4.79 Å². The smallest absolute Gasteiger partial charge is 0.282 e. The second-order valence-electron chi connectivity index (χ2n) is 8.52. The Hall–Kier alpha value is -4.03. The third-order valence-corrected chi connectivity index (χ3v) is 6.16. The predicted molar refractivity (Wildman–Crippen MR) is 135 cm³/mol. The van der Waals surface area contributed by atoms with Gasteiger partial charge in [0.2, 0.25) is 0 Å². The number of anilines is 1. The molecule has 0 aromatic heterocycles. The Morgan fingerprint density at radius 1 is 0.824 bits per heavy atom. The number of nitrogens with zero attached hydrogens (tertiary/aromatic N) is 4. The average Bonchev–Trinajstić information content (AvgIpc) is 3.21. The number of carbonyl (C=O) groups is 2.